The molecule has 5 aliphatic carbocycles. The maximum absolute atomic E-state index is 2.60. The molecule has 1 fully saturated rings. The first kappa shape index (κ1) is 36.4. The smallest absolute Gasteiger partial charge is 0.0714 e. The third kappa shape index (κ3) is 5.29. The van der Waals surface area contributed by atoms with Gasteiger partial charge in [-0.05, 0) is 138 Å². The van der Waals surface area contributed by atoms with Gasteiger partial charge in [-0.1, -0.05) is 195 Å². The maximum Gasteiger partial charge on any atom is 0.0714 e. The molecule has 1 spiro atoms. The van der Waals surface area contributed by atoms with Crippen LogP contribution in [0.4, 0.5) is 17.1 Å². The highest BCUT2D eigenvalue weighted by Gasteiger charge is 2.49. The van der Waals surface area contributed by atoms with Gasteiger partial charge in [0, 0.05) is 22.7 Å². The molecule has 0 N–H and O–H groups in total. The summed E-state index contributed by atoms with van der Waals surface area (Å²) in [5.74, 6) is 0.480. The van der Waals surface area contributed by atoms with Gasteiger partial charge in [-0.3, -0.25) is 0 Å². The van der Waals surface area contributed by atoms with Crippen LogP contribution in [0.25, 0.3) is 45.0 Å². The van der Waals surface area contributed by atoms with Crippen LogP contribution in [0.3, 0.4) is 0 Å². The molecule has 300 valence electrons. The fourth-order valence-corrected chi connectivity index (χ4v) is 12.5. The number of hydrogen-bond donors (Lipinski definition) is 0. The van der Waals surface area contributed by atoms with Gasteiger partial charge in [0.05, 0.1) is 11.1 Å². The van der Waals surface area contributed by atoms with Gasteiger partial charge in [-0.2, -0.15) is 0 Å². The molecule has 0 aromatic heterocycles. The monoisotopic (exact) mass is 805 g/mol. The van der Waals surface area contributed by atoms with E-state index in [9.17, 15) is 0 Å². The Hall–Kier alpha value is -7.22. The van der Waals surface area contributed by atoms with Gasteiger partial charge < -0.3 is 4.90 Å². The molecule has 1 heteroatoms. The molecule has 0 aliphatic heterocycles. The first-order valence-corrected chi connectivity index (χ1v) is 22.9. The fraction of sp³-hybridized carbons (Fsp3) is 0.129. The number of rotatable bonds is 6. The minimum Gasteiger partial charge on any atom is -0.310 e. The van der Waals surface area contributed by atoms with Crippen molar-refractivity contribution in [3.05, 3.63) is 256 Å². The van der Waals surface area contributed by atoms with Crippen LogP contribution in [-0.4, -0.2) is 0 Å². The van der Waals surface area contributed by atoms with Crippen molar-refractivity contribution in [3.8, 4) is 33.4 Å². The van der Waals surface area contributed by atoms with E-state index in [4.69, 9.17) is 0 Å². The largest absolute Gasteiger partial charge is 0.310 e. The van der Waals surface area contributed by atoms with Crippen LogP contribution in [0, 0.1) is 5.92 Å². The zero-order chi connectivity index (χ0) is 41.5. The molecule has 8 aromatic rings. The molecule has 0 amide bonds. The first-order valence-electron chi connectivity index (χ1n) is 22.9. The minimum absolute atomic E-state index is 0.00846. The summed E-state index contributed by atoms with van der Waals surface area (Å²) in [6, 6.07) is 71.6. The number of hydrogen-bond acceptors (Lipinski definition) is 1. The lowest BCUT2D eigenvalue weighted by molar-refractivity contribution is 0.550. The van der Waals surface area contributed by atoms with E-state index in [1.807, 2.05) is 0 Å². The molecule has 63 heavy (non-hydrogen) atoms. The Balaban J connectivity index is 1.03. The van der Waals surface area contributed by atoms with Crippen LogP contribution in [0.15, 0.2) is 212 Å². The quantitative estimate of drug-likeness (QED) is 0.162. The lowest BCUT2D eigenvalue weighted by Gasteiger charge is -2.36. The van der Waals surface area contributed by atoms with Gasteiger partial charge in [0.2, 0.25) is 0 Å². The SMILES string of the molecule is C1=CC2=c3ccc(-c4ccc(N(c5ccc6c(c5)C(c5ccccc5)(c5ccccc5)c5ccccc5-6)c5cccc6c5C5(CCCC5)c5ccccc5-6)cc4)cc3=CCC2C=C1. The fourth-order valence-electron chi connectivity index (χ4n) is 12.5. The van der Waals surface area contributed by atoms with E-state index in [2.05, 4.69) is 223 Å². The Kier molecular flexibility index (Phi) is 8.19. The predicted molar refractivity (Wildman–Crippen MR) is 262 cm³/mol. The summed E-state index contributed by atoms with van der Waals surface area (Å²) in [6.07, 6.45) is 17.3. The number of allylic oxidation sites excluding steroid dienone is 4. The zero-order valence-electron chi connectivity index (χ0n) is 35.3. The van der Waals surface area contributed by atoms with E-state index in [-0.39, 0.29) is 5.41 Å². The summed E-state index contributed by atoms with van der Waals surface area (Å²) < 4.78 is 0. The van der Waals surface area contributed by atoms with Gasteiger partial charge in [0.25, 0.3) is 0 Å². The van der Waals surface area contributed by atoms with E-state index < -0.39 is 5.41 Å². The first-order chi connectivity index (χ1) is 31.2. The van der Waals surface area contributed by atoms with Crippen molar-refractivity contribution in [2.24, 2.45) is 5.92 Å². The van der Waals surface area contributed by atoms with Crippen molar-refractivity contribution in [1.29, 1.82) is 0 Å². The molecular weight excluding hydrogens is 759 g/mol. The Bertz CT molecular complexity index is 3270. The molecule has 0 saturated heterocycles. The highest BCUT2D eigenvalue weighted by atomic mass is 15.1. The van der Waals surface area contributed by atoms with Gasteiger partial charge in [0.1, 0.15) is 0 Å². The summed E-state index contributed by atoms with van der Waals surface area (Å²) in [5.41, 5.74) is 20.6. The summed E-state index contributed by atoms with van der Waals surface area (Å²) in [4.78, 5) is 2.60. The van der Waals surface area contributed by atoms with E-state index >= 15 is 0 Å². The molecule has 1 unspecified atom stereocenters. The van der Waals surface area contributed by atoms with Gasteiger partial charge in [-0.15, -0.1) is 0 Å². The highest BCUT2D eigenvalue weighted by molar-refractivity contribution is 5.94. The Morgan fingerprint density at radius 2 is 1.11 bits per heavy atom. The highest BCUT2D eigenvalue weighted by Crippen LogP contribution is 2.62. The molecule has 0 radical (unpaired) electrons. The minimum atomic E-state index is -0.493. The summed E-state index contributed by atoms with van der Waals surface area (Å²) in [6.45, 7) is 0. The molecule has 1 atom stereocenters. The Morgan fingerprint density at radius 3 is 1.87 bits per heavy atom. The van der Waals surface area contributed by atoms with E-state index in [0.29, 0.717) is 5.92 Å². The molecule has 5 aliphatic rings. The third-order valence-corrected chi connectivity index (χ3v) is 15.2. The number of benzene rings is 8. The van der Waals surface area contributed by atoms with Crippen molar-refractivity contribution in [1.82, 2.24) is 0 Å². The number of fused-ring (bicyclic) bond motifs is 10. The second-order valence-corrected chi connectivity index (χ2v) is 18.2. The lowest BCUT2D eigenvalue weighted by Crippen LogP contribution is -2.32. The topological polar surface area (TPSA) is 3.24 Å². The number of anilines is 3. The van der Waals surface area contributed by atoms with Crippen LogP contribution in [0.5, 0.6) is 0 Å². The Labute approximate surface area is 370 Å². The lowest BCUT2D eigenvalue weighted by atomic mass is 9.67. The molecule has 0 heterocycles. The van der Waals surface area contributed by atoms with Crippen molar-refractivity contribution in [3.63, 3.8) is 0 Å². The van der Waals surface area contributed by atoms with Gasteiger partial charge in [-0.25, -0.2) is 0 Å². The second kappa shape index (κ2) is 14.2. The Morgan fingerprint density at radius 1 is 0.476 bits per heavy atom. The third-order valence-electron chi connectivity index (χ3n) is 15.2. The van der Waals surface area contributed by atoms with E-state index in [1.165, 1.54) is 126 Å². The maximum atomic E-state index is 2.60. The van der Waals surface area contributed by atoms with Crippen molar-refractivity contribution in [2.75, 3.05) is 4.90 Å². The molecule has 13 rings (SSSR count). The van der Waals surface area contributed by atoms with Crippen LogP contribution in [-0.2, 0) is 10.8 Å². The molecule has 1 nitrogen and oxygen atoms in total. The van der Waals surface area contributed by atoms with Crippen LogP contribution < -0.4 is 15.3 Å². The van der Waals surface area contributed by atoms with Crippen molar-refractivity contribution in [2.45, 2.75) is 42.9 Å². The van der Waals surface area contributed by atoms with E-state index in [0.717, 1.165) is 6.42 Å². The molecule has 8 aromatic carbocycles. The zero-order valence-corrected chi connectivity index (χ0v) is 35.3. The summed E-state index contributed by atoms with van der Waals surface area (Å²) in [5, 5.41) is 2.70. The summed E-state index contributed by atoms with van der Waals surface area (Å²) >= 11 is 0. The van der Waals surface area contributed by atoms with Crippen molar-refractivity contribution >= 4 is 28.7 Å². The molecular formula is C62H47N. The van der Waals surface area contributed by atoms with Crippen LogP contribution >= 0.6 is 0 Å². The standard InChI is InChI=1S/C62H47N/c1-3-17-46(18-4-1)62(47-19-5-2-6-20-47)57-26-12-10-22-52(57)54-37-35-49(41-58(54)62)63(59-27-15-24-55-53-23-9-11-25-56(53)61(60(55)59)38-13-14-39-61)48-33-30-42(31-34-48)44-32-36-51-45(40-44)29-28-43-16-7-8-21-50(43)51/h1-12,15-27,29-37,40-41,43H,13-14,28,38-39H2. The van der Waals surface area contributed by atoms with Gasteiger partial charge in [0.15, 0.2) is 0 Å². The normalized spacial score (nSPS) is 17.6. The average molecular weight is 806 g/mol. The predicted octanol–water partition coefficient (Wildman–Crippen LogP) is 14.1. The molecule has 0 bridgehead atoms. The average Bonchev–Trinajstić information content (AvgIpc) is 4.05. The van der Waals surface area contributed by atoms with Gasteiger partial charge >= 0.3 is 0 Å². The molecule has 1 saturated carbocycles. The second-order valence-electron chi connectivity index (χ2n) is 18.2. The number of nitrogens with zero attached hydrogens (tertiary/aromatic N) is 1. The van der Waals surface area contributed by atoms with E-state index in [1.54, 1.807) is 0 Å². The van der Waals surface area contributed by atoms with Crippen LogP contribution in [0.1, 0.15) is 65.5 Å². The van der Waals surface area contributed by atoms with Crippen molar-refractivity contribution < 1.29 is 0 Å². The van der Waals surface area contributed by atoms with Crippen LogP contribution in [0.2, 0.25) is 0 Å². The summed E-state index contributed by atoms with van der Waals surface area (Å²) in [7, 11) is 0.